The maximum atomic E-state index is 12.0. The lowest BCUT2D eigenvalue weighted by Gasteiger charge is -2.28. The smallest absolute Gasteiger partial charge is 0.319 e. The number of benzene rings is 1. The molecule has 2 unspecified atom stereocenters. The number of nitrogens with one attached hydrogen (secondary N) is 2. The molecule has 114 valence electrons. The number of rotatable bonds is 4. The van der Waals surface area contributed by atoms with Crippen LogP contribution in [0.2, 0.25) is 0 Å². The Hall–Kier alpha value is -2.08. The van der Waals surface area contributed by atoms with Crippen LogP contribution < -0.4 is 10.6 Å². The van der Waals surface area contributed by atoms with Gasteiger partial charge in [-0.3, -0.25) is 4.79 Å². The van der Waals surface area contributed by atoms with E-state index in [-0.39, 0.29) is 12.5 Å². The highest BCUT2D eigenvalue weighted by atomic mass is 16.4. The molecule has 0 aromatic heterocycles. The molecule has 1 aromatic rings. The van der Waals surface area contributed by atoms with Crippen LogP contribution in [0.1, 0.15) is 31.2 Å². The highest BCUT2D eigenvalue weighted by Gasteiger charge is 2.24. The number of carboxylic acid groups (broad SMARTS) is 1. The molecule has 0 spiro atoms. The van der Waals surface area contributed by atoms with Crippen molar-refractivity contribution in [3.8, 4) is 0 Å². The molecule has 1 aromatic carbocycles. The molecule has 0 saturated heterocycles. The zero-order valence-corrected chi connectivity index (χ0v) is 11.7. The van der Waals surface area contributed by atoms with Gasteiger partial charge in [0.25, 0.3) is 0 Å². The topological polar surface area (TPSA) is 98.7 Å². The van der Waals surface area contributed by atoms with Gasteiger partial charge in [-0.15, -0.1) is 0 Å². The van der Waals surface area contributed by atoms with Crippen LogP contribution in [0.25, 0.3) is 0 Å². The van der Waals surface area contributed by atoms with Crippen molar-refractivity contribution in [2.24, 2.45) is 0 Å². The van der Waals surface area contributed by atoms with Crippen LogP contribution in [-0.2, 0) is 11.2 Å². The van der Waals surface area contributed by atoms with Gasteiger partial charge in [0.1, 0.15) is 0 Å². The van der Waals surface area contributed by atoms with E-state index in [4.69, 9.17) is 5.11 Å². The number of hydrogen-bond acceptors (Lipinski definition) is 3. The number of hydrogen-bond donors (Lipinski definition) is 4. The van der Waals surface area contributed by atoms with E-state index in [0.29, 0.717) is 17.7 Å². The van der Waals surface area contributed by atoms with Crippen LogP contribution >= 0.6 is 0 Å². The number of para-hydroxylation sites is 1. The second kappa shape index (κ2) is 7.08. The summed E-state index contributed by atoms with van der Waals surface area (Å²) in [5.74, 6) is -0.952. The Morgan fingerprint density at radius 2 is 1.90 bits per heavy atom. The van der Waals surface area contributed by atoms with E-state index in [2.05, 4.69) is 10.6 Å². The second-order valence-corrected chi connectivity index (χ2v) is 5.28. The lowest BCUT2D eigenvalue weighted by Crippen LogP contribution is -2.46. The minimum Gasteiger partial charge on any atom is -0.481 e. The molecule has 6 heteroatoms. The molecule has 1 saturated carbocycles. The summed E-state index contributed by atoms with van der Waals surface area (Å²) in [5.41, 5.74) is 1.02. The first kappa shape index (κ1) is 15.3. The Morgan fingerprint density at radius 3 is 2.62 bits per heavy atom. The van der Waals surface area contributed by atoms with E-state index < -0.39 is 18.1 Å². The molecular weight excluding hydrogens is 272 g/mol. The molecule has 1 fully saturated rings. The van der Waals surface area contributed by atoms with E-state index in [1.54, 1.807) is 24.3 Å². The third kappa shape index (κ3) is 4.46. The number of aliphatic carboxylic acids is 1. The number of aliphatic hydroxyl groups excluding tert-OH is 1. The Bertz CT molecular complexity index is 518. The Kier molecular flexibility index (Phi) is 5.16. The van der Waals surface area contributed by atoms with Crippen molar-refractivity contribution in [3.63, 3.8) is 0 Å². The summed E-state index contributed by atoms with van der Waals surface area (Å²) in [6.07, 6.45) is 2.74. The number of carbonyl (C=O) groups excluding carboxylic acids is 1. The molecule has 2 atom stereocenters. The van der Waals surface area contributed by atoms with Gasteiger partial charge in [-0.1, -0.05) is 31.0 Å². The molecule has 0 aliphatic heterocycles. The number of amides is 2. The van der Waals surface area contributed by atoms with Gasteiger partial charge >= 0.3 is 12.0 Å². The fourth-order valence-corrected chi connectivity index (χ4v) is 2.57. The highest BCUT2D eigenvalue weighted by Crippen LogP contribution is 2.19. The van der Waals surface area contributed by atoms with E-state index in [1.807, 2.05) is 0 Å². The van der Waals surface area contributed by atoms with Gasteiger partial charge in [0, 0.05) is 5.69 Å². The van der Waals surface area contributed by atoms with Gasteiger partial charge in [-0.25, -0.2) is 4.79 Å². The van der Waals surface area contributed by atoms with Gasteiger partial charge in [0.2, 0.25) is 0 Å². The van der Waals surface area contributed by atoms with E-state index in [0.717, 1.165) is 19.3 Å². The van der Waals surface area contributed by atoms with Crippen LogP contribution in [0.3, 0.4) is 0 Å². The summed E-state index contributed by atoms with van der Waals surface area (Å²) >= 11 is 0. The van der Waals surface area contributed by atoms with Crippen LogP contribution in [-0.4, -0.2) is 34.4 Å². The van der Waals surface area contributed by atoms with Crippen molar-refractivity contribution < 1.29 is 19.8 Å². The van der Waals surface area contributed by atoms with Crippen LogP contribution in [0.15, 0.2) is 24.3 Å². The Morgan fingerprint density at radius 1 is 1.19 bits per heavy atom. The zero-order valence-electron chi connectivity index (χ0n) is 11.7. The average Bonchev–Trinajstić information content (AvgIpc) is 2.43. The standard InChI is InChI=1S/C15H20N2O4/c18-13-8-4-3-7-12(13)17-15(21)16-11-6-2-1-5-10(11)9-14(19)20/h1-2,5-6,12-13,18H,3-4,7-9H2,(H,19,20)(H2,16,17,21). The van der Waals surface area contributed by atoms with Gasteiger partial charge in [-0.05, 0) is 24.5 Å². The summed E-state index contributed by atoms with van der Waals surface area (Å²) in [6.45, 7) is 0. The number of carbonyl (C=O) groups is 2. The number of aliphatic hydroxyl groups is 1. The molecule has 2 rings (SSSR count). The zero-order chi connectivity index (χ0) is 15.2. The fraction of sp³-hybridized carbons (Fsp3) is 0.467. The number of anilines is 1. The third-order valence-corrected chi connectivity index (χ3v) is 3.65. The molecule has 2 amide bonds. The Labute approximate surface area is 123 Å². The van der Waals surface area contributed by atoms with E-state index >= 15 is 0 Å². The minimum absolute atomic E-state index is 0.150. The molecule has 6 nitrogen and oxygen atoms in total. The quantitative estimate of drug-likeness (QED) is 0.679. The largest absolute Gasteiger partial charge is 0.481 e. The second-order valence-electron chi connectivity index (χ2n) is 5.28. The fourth-order valence-electron chi connectivity index (χ4n) is 2.57. The molecule has 1 aliphatic carbocycles. The van der Waals surface area contributed by atoms with E-state index in [9.17, 15) is 14.7 Å². The predicted molar refractivity (Wildman–Crippen MR) is 78.2 cm³/mol. The monoisotopic (exact) mass is 292 g/mol. The van der Waals surface area contributed by atoms with Crippen molar-refractivity contribution >= 4 is 17.7 Å². The highest BCUT2D eigenvalue weighted by molar-refractivity contribution is 5.91. The maximum absolute atomic E-state index is 12.0. The SMILES string of the molecule is O=C(O)Cc1ccccc1NC(=O)NC1CCCCC1O. The summed E-state index contributed by atoms with van der Waals surface area (Å²) < 4.78 is 0. The first-order chi connectivity index (χ1) is 10.1. The Balaban J connectivity index is 1.97. The molecular formula is C15H20N2O4. The van der Waals surface area contributed by atoms with Crippen LogP contribution in [0, 0.1) is 0 Å². The number of carboxylic acids is 1. The molecule has 4 N–H and O–H groups in total. The van der Waals surface area contributed by atoms with Crippen molar-refractivity contribution in [2.75, 3.05) is 5.32 Å². The van der Waals surface area contributed by atoms with Crippen molar-refractivity contribution in [3.05, 3.63) is 29.8 Å². The van der Waals surface area contributed by atoms with Gasteiger partial charge in [0.05, 0.1) is 18.6 Å². The molecule has 1 aliphatic rings. The van der Waals surface area contributed by atoms with Crippen molar-refractivity contribution in [2.45, 2.75) is 44.2 Å². The third-order valence-electron chi connectivity index (χ3n) is 3.65. The lowest BCUT2D eigenvalue weighted by atomic mass is 9.93. The number of urea groups is 1. The van der Waals surface area contributed by atoms with Gasteiger partial charge < -0.3 is 20.8 Å². The van der Waals surface area contributed by atoms with Crippen LogP contribution in [0.5, 0.6) is 0 Å². The summed E-state index contributed by atoms with van der Waals surface area (Å²) in [7, 11) is 0. The summed E-state index contributed by atoms with van der Waals surface area (Å²) in [4.78, 5) is 22.8. The normalized spacial score (nSPS) is 21.6. The first-order valence-corrected chi connectivity index (χ1v) is 7.11. The molecule has 21 heavy (non-hydrogen) atoms. The summed E-state index contributed by atoms with van der Waals surface area (Å²) in [5, 5.41) is 24.1. The van der Waals surface area contributed by atoms with Crippen LogP contribution in [0.4, 0.5) is 10.5 Å². The van der Waals surface area contributed by atoms with Gasteiger partial charge in [-0.2, -0.15) is 0 Å². The maximum Gasteiger partial charge on any atom is 0.319 e. The van der Waals surface area contributed by atoms with Gasteiger partial charge in [0.15, 0.2) is 0 Å². The molecule has 0 radical (unpaired) electrons. The molecule has 0 bridgehead atoms. The minimum atomic E-state index is -0.952. The molecule has 0 heterocycles. The van der Waals surface area contributed by atoms with Crippen molar-refractivity contribution in [1.82, 2.24) is 5.32 Å². The van der Waals surface area contributed by atoms with E-state index in [1.165, 1.54) is 0 Å². The average molecular weight is 292 g/mol. The lowest BCUT2D eigenvalue weighted by molar-refractivity contribution is -0.136. The van der Waals surface area contributed by atoms with Crippen molar-refractivity contribution in [1.29, 1.82) is 0 Å². The predicted octanol–water partition coefficient (Wildman–Crippen LogP) is 1.74. The first-order valence-electron chi connectivity index (χ1n) is 7.11. The summed E-state index contributed by atoms with van der Waals surface area (Å²) in [6, 6.07) is 6.13.